The van der Waals surface area contributed by atoms with Crippen molar-refractivity contribution in [2.24, 2.45) is 5.92 Å². The molecular weight excluding hydrogens is 326 g/mol. The summed E-state index contributed by atoms with van der Waals surface area (Å²) >= 11 is 0. The Bertz CT molecular complexity index is 640. The predicted octanol–water partition coefficient (Wildman–Crippen LogP) is 1.79. The number of ether oxygens (including phenoxy) is 1. The third-order valence-electron chi connectivity index (χ3n) is 4.95. The molecule has 1 aromatic carbocycles. The Balaban J connectivity index is 1.61. The molecule has 0 aromatic heterocycles. The van der Waals surface area contributed by atoms with Gasteiger partial charge in [-0.3, -0.25) is 0 Å². The number of piperazine rings is 1. The Labute approximate surface area is 145 Å². The first kappa shape index (κ1) is 17.5. The zero-order valence-corrected chi connectivity index (χ0v) is 15.3. The second kappa shape index (κ2) is 7.29. The molecule has 2 fully saturated rings. The minimum Gasteiger partial charge on any atom is -0.497 e. The van der Waals surface area contributed by atoms with E-state index in [-0.39, 0.29) is 0 Å². The van der Waals surface area contributed by atoms with E-state index in [0.29, 0.717) is 32.1 Å². The van der Waals surface area contributed by atoms with Gasteiger partial charge < -0.3 is 9.64 Å². The maximum atomic E-state index is 12.8. The predicted molar refractivity (Wildman–Crippen MR) is 95.7 cm³/mol. The van der Waals surface area contributed by atoms with Crippen LogP contribution in [0.3, 0.4) is 0 Å². The van der Waals surface area contributed by atoms with Gasteiger partial charge in [-0.2, -0.15) is 17.0 Å². The molecule has 2 heterocycles. The van der Waals surface area contributed by atoms with Crippen LogP contribution in [0, 0.1) is 5.92 Å². The Kier molecular flexibility index (Phi) is 5.32. The Morgan fingerprint density at radius 2 is 1.67 bits per heavy atom. The van der Waals surface area contributed by atoms with Gasteiger partial charge in [0.1, 0.15) is 5.75 Å². The molecule has 134 valence electrons. The van der Waals surface area contributed by atoms with E-state index in [9.17, 15) is 8.42 Å². The number of hydrogen-bond donors (Lipinski definition) is 0. The first-order valence-corrected chi connectivity index (χ1v) is 10.0. The van der Waals surface area contributed by atoms with E-state index in [1.807, 2.05) is 24.3 Å². The molecule has 1 aromatic rings. The molecule has 0 aliphatic carbocycles. The van der Waals surface area contributed by atoms with Crippen molar-refractivity contribution in [1.29, 1.82) is 0 Å². The quantitative estimate of drug-likeness (QED) is 0.828. The van der Waals surface area contributed by atoms with Crippen LogP contribution in [0.2, 0.25) is 0 Å². The first-order chi connectivity index (χ1) is 11.5. The van der Waals surface area contributed by atoms with E-state index in [1.54, 1.807) is 15.7 Å². The lowest BCUT2D eigenvalue weighted by Crippen LogP contribution is -2.54. The third-order valence-corrected chi connectivity index (χ3v) is 6.95. The molecule has 2 aliphatic rings. The molecule has 3 rings (SSSR count). The normalized spacial score (nSPS) is 24.1. The number of nitrogens with zero attached hydrogens (tertiary/aromatic N) is 3. The largest absolute Gasteiger partial charge is 0.497 e. The van der Waals surface area contributed by atoms with Crippen molar-refractivity contribution in [3.8, 4) is 5.75 Å². The van der Waals surface area contributed by atoms with Gasteiger partial charge in [-0.1, -0.05) is 6.92 Å². The Morgan fingerprint density at radius 3 is 2.25 bits per heavy atom. The third kappa shape index (κ3) is 3.68. The lowest BCUT2D eigenvalue weighted by molar-refractivity contribution is 0.254. The zero-order chi connectivity index (χ0) is 17.2. The Hall–Kier alpha value is -1.31. The molecule has 0 amide bonds. The smallest absolute Gasteiger partial charge is 0.282 e. The number of piperidine rings is 1. The van der Waals surface area contributed by atoms with Crippen molar-refractivity contribution in [1.82, 2.24) is 8.61 Å². The number of anilines is 1. The number of benzene rings is 1. The number of rotatable bonds is 4. The summed E-state index contributed by atoms with van der Waals surface area (Å²) in [5.41, 5.74) is 1.11. The fourth-order valence-corrected chi connectivity index (χ4v) is 5.24. The summed E-state index contributed by atoms with van der Waals surface area (Å²) in [4.78, 5) is 2.23. The van der Waals surface area contributed by atoms with Gasteiger partial charge in [0.05, 0.1) is 7.11 Å². The van der Waals surface area contributed by atoms with Crippen molar-refractivity contribution < 1.29 is 13.2 Å². The Morgan fingerprint density at radius 1 is 1.00 bits per heavy atom. The van der Waals surface area contributed by atoms with Crippen molar-refractivity contribution in [2.45, 2.75) is 19.8 Å². The van der Waals surface area contributed by atoms with E-state index >= 15 is 0 Å². The summed E-state index contributed by atoms with van der Waals surface area (Å²) in [6.07, 6.45) is 2.09. The van der Waals surface area contributed by atoms with Crippen LogP contribution in [0.5, 0.6) is 5.75 Å². The van der Waals surface area contributed by atoms with Crippen LogP contribution in [0.4, 0.5) is 5.69 Å². The number of hydrogen-bond acceptors (Lipinski definition) is 4. The lowest BCUT2D eigenvalue weighted by atomic mass is 10.0. The topological polar surface area (TPSA) is 53.1 Å². The summed E-state index contributed by atoms with van der Waals surface area (Å²) in [7, 11) is -1.66. The molecule has 24 heavy (non-hydrogen) atoms. The molecule has 7 heteroatoms. The van der Waals surface area contributed by atoms with Crippen molar-refractivity contribution >= 4 is 15.9 Å². The van der Waals surface area contributed by atoms with Crippen LogP contribution in [0.25, 0.3) is 0 Å². The standard InChI is InChI=1S/C17H27N3O3S/c1-15-4-3-9-20(14-15)24(21,22)19-12-10-18(11-13-19)16-5-7-17(23-2)8-6-16/h5-8,15H,3-4,9-14H2,1-2H3. The fourth-order valence-electron chi connectivity index (χ4n) is 3.49. The highest BCUT2D eigenvalue weighted by Crippen LogP contribution is 2.24. The molecule has 0 N–H and O–H groups in total. The van der Waals surface area contributed by atoms with Gasteiger partial charge in [0.25, 0.3) is 10.2 Å². The van der Waals surface area contributed by atoms with Gasteiger partial charge in [0, 0.05) is 45.0 Å². The van der Waals surface area contributed by atoms with E-state index in [2.05, 4.69) is 11.8 Å². The van der Waals surface area contributed by atoms with Gasteiger partial charge in [-0.15, -0.1) is 0 Å². The van der Waals surface area contributed by atoms with Crippen LogP contribution in [0.15, 0.2) is 24.3 Å². The highest BCUT2D eigenvalue weighted by molar-refractivity contribution is 7.86. The van der Waals surface area contributed by atoms with Gasteiger partial charge in [-0.25, -0.2) is 0 Å². The van der Waals surface area contributed by atoms with Crippen molar-refractivity contribution in [2.75, 3.05) is 51.3 Å². The van der Waals surface area contributed by atoms with Crippen LogP contribution in [-0.2, 0) is 10.2 Å². The number of methoxy groups -OCH3 is 1. The molecule has 0 radical (unpaired) electrons. The monoisotopic (exact) mass is 353 g/mol. The van der Waals surface area contributed by atoms with E-state index in [4.69, 9.17) is 4.74 Å². The molecule has 2 saturated heterocycles. The molecule has 0 saturated carbocycles. The van der Waals surface area contributed by atoms with Gasteiger partial charge in [0.2, 0.25) is 0 Å². The second-order valence-electron chi connectivity index (χ2n) is 6.70. The lowest BCUT2D eigenvalue weighted by Gasteiger charge is -2.39. The summed E-state index contributed by atoms with van der Waals surface area (Å²) in [5.74, 6) is 1.29. The first-order valence-electron chi connectivity index (χ1n) is 8.65. The molecule has 1 atom stereocenters. The zero-order valence-electron chi connectivity index (χ0n) is 14.5. The molecule has 1 unspecified atom stereocenters. The highest BCUT2D eigenvalue weighted by atomic mass is 32.2. The van der Waals surface area contributed by atoms with Crippen LogP contribution in [-0.4, -0.2) is 63.4 Å². The van der Waals surface area contributed by atoms with Crippen molar-refractivity contribution in [3.63, 3.8) is 0 Å². The summed E-state index contributed by atoms with van der Waals surface area (Å²) < 4.78 is 34.2. The van der Waals surface area contributed by atoms with Gasteiger partial charge in [0.15, 0.2) is 0 Å². The average Bonchev–Trinajstić information content (AvgIpc) is 2.62. The fraction of sp³-hybridized carbons (Fsp3) is 0.647. The second-order valence-corrected chi connectivity index (χ2v) is 8.63. The van der Waals surface area contributed by atoms with E-state index in [0.717, 1.165) is 37.4 Å². The van der Waals surface area contributed by atoms with Gasteiger partial charge >= 0.3 is 0 Å². The van der Waals surface area contributed by atoms with E-state index < -0.39 is 10.2 Å². The van der Waals surface area contributed by atoms with Crippen molar-refractivity contribution in [3.05, 3.63) is 24.3 Å². The minimum atomic E-state index is -3.31. The highest BCUT2D eigenvalue weighted by Gasteiger charge is 2.34. The maximum Gasteiger partial charge on any atom is 0.282 e. The summed E-state index contributed by atoms with van der Waals surface area (Å²) in [6.45, 7) is 5.96. The molecule has 0 spiro atoms. The minimum absolute atomic E-state index is 0.453. The maximum absolute atomic E-state index is 12.8. The summed E-state index contributed by atoms with van der Waals surface area (Å²) in [5, 5.41) is 0. The SMILES string of the molecule is COc1ccc(N2CCN(S(=O)(=O)N3CCCC(C)C3)CC2)cc1. The average molecular weight is 353 g/mol. The molecular formula is C17H27N3O3S. The molecule has 2 aliphatic heterocycles. The van der Waals surface area contributed by atoms with Gasteiger partial charge in [-0.05, 0) is 43.0 Å². The molecule has 6 nitrogen and oxygen atoms in total. The molecule has 0 bridgehead atoms. The van der Waals surface area contributed by atoms with Crippen LogP contribution < -0.4 is 9.64 Å². The van der Waals surface area contributed by atoms with Crippen LogP contribution >= 0.6 is 0 Å². The van der Waals surface area contributed by atoms with Crippen LogP contribution in [0.1, 0.15) is 19.8 Å². The summed E-state index contributed by atoms with van der Waals surface area (Å²) in [6, 6.07) is 7.92. The van der Waals surface area contributed by atoms with E-state index in [1.165, 1.54) is 0 Å².